The van der Waals surface area contributed by atoms with Crippen LogP contribution in [0.25, 0.3) is 28.1 Å². The van der Waals surface area contributed by atoms with Gasteiger partial charge in [-0.25, -0.2) is 18.7 Å². The SMILES string of the molecule is C/C=C\C(=C(\F)CF)c1nc2ccn(Cc3ccc(-c4cc(C)cc(Cl)c4)cc3)cc-2n1. The van der Waals surface area contributed by atoms with E-state index >= 15 is 0 Å². The number of rotatable bonds is 6. The monoisotopic (exact) mass is 449 g/mol. The first-order valence-electron chi connectivity index (χ1n) is 10.2. The Hall–Kier alpha value is -3.31. The average molecular weight is 450 g/mol. The minimum atomic E-state index is -1.19. The number of hydrogen-bond acceptors (Lipinski definition) is 2. The Morgan fingerprint density at radius 3 is 2.47 bits per heavy atom. The number of hydrogen-bond donors (Lipinski definition) is 0. The van der Waals surface area contributed by atoms with Gasteiger partial charge in [0.2, 0.25) is 0 Å². The third-order valence-corrected chi connectivity index (χ3v) is 5.32. The Morgan fingerprint density at radius 1 is 1.03 bits per heavy atom. The summed E-state index contributed by atoms with van der Waals surface area (Å²) in [6.07, 6.45) is 6.89. The smallest absolute Gasteiger partial charge is 0.163 e. The number of fused-ring (bicyclic) bond motifs is 1. The van der Waals surface area contributed by atoms with Crippen molar-refractivity contribution in [2.45, 2.75) is 20.4 Å². The van der Waals surface area contributed by atoms with E-state index in [0.717, 1.165) is 27.3 Å². The van der Waals surface area contributed by atoms with Gasteiger partial charge >= 0.3 is 0 Å². The summed E-state index contributed by atoms with van der Waals surface area (Å²) in [5, 5.41) is 0.724. The number of halogens is 3. The van der Waals surface area contributed by atoms with Gasteiger partial charge in [0.15, 0.2) is 5.82 Å². The quantitative estimate of drug-likeness (QED) is 0.289. The first kappa shape index (κ1) is 21.9. The van der Waals surface area contributed by atoms with Crippen LogP contribution < -0.4 is 0 Å². The van der Waals surface area contributed by atoms with E-state index in [2.05, 4.69) is 40.3 Å². The predicted molar refractivity (Wildman–Crippen MR) is 126 cm³/mol. The zero-order chi connectivity index (χ0) is 22.7. The lowest BCUT2D eigenvalue weighted by atomic mass is 10.0. The Morgan fingerprint density at radius 2 is 1.78 bits per heavy atom. The average Bonchev–Trinajstić information content (AvgIpc) is 3.20. The maximum atomic E-state index is 13.9. The van der Waals surface area contributed by atoms with Crippen molar-refractivity contribution in [3.05, 3.63) is 101 Å². The fraction of sp³-hybridized carbons (Fsp3) is 0.154. The summed E-state index contributed by atoms with van der Waals surface area (Å²) < 4.78 is 28.8. The van der Waals surface area contributed by atoms with Gasteiger partial charge < -0.3 is 4.57 Å². The lowest BCUT2D eigenvalue weighted by Crippen LogP contribution is -2.00. The number of allylic oxidation sites excluding steroid dienone is 4. The number of aryl methyl sites for hydroxylation is 1. The van der Waals surface area contributed by atoms with Crippen molar-refractivity contribution in [1.82, 2.24) is 14.5 Å². The molecule has 2 heterocycles. The van der Waals surface area contributed by atoms with Crippen molar-refractivity contribution >= 4 is 17.2 Å². The van der Waals surface area contributed by atoms with Crippen LogP contribution in [0.2, 0.25) is 5.02 Å². The summed E-state index contributed by atoms with van der Waals surface area (Å²) in [6, 6.07) is 16.1. The molecule has 2 aliphatic heterocycles. The van der Waals surface area contributed by atoms with Crippen LogP contribution in [0.1, 0.15) is 23.9 Å². The first-order valence-corrected chi connectivity index (χ1v) is 10.6. The van der Waals surface area contributed by atoms with E-state index in [1.807, 2.05) is 42.1 Å². The predicted octanol–water partition coefficient (Wildman–Crippen LogP) is 7.29. The molecule has 0 radical (unpaired) electrons. The molecule has 4 rings (SSSR count). The molecule has 0 spiro atoms. The Bertz CT molecular complexity index is 1250. The minimum absolute atomic E-state index is 0.0737. The molecule has 2 aromatic carbocycles. The summed E-state index contributed by atoms with van der Waals surface area (Å²) in [7, 11) is 0. The molecular formula is C26H22ClF2N3. The standard InChI is InChI=1S/C26H22ClF2N3/c1-3-4-22(23(29)14-28)26-30-24-9-10-32(16-25(24)31-26)15-18-5-7-19(8-6-18)20-11-17(2)12-21(27)13-20/h3-13,16H,14-15H2,1-2H3/b4-3-,23-22-. The molecule has 32 heavy (non-hydrogen) atoms. The summed E-state index contributed by atoms with van der Waals surface area (Å²) in [5.74, 6) is -0.687. The molecule has 0 saturated heterocycles. The van der Waals surface area contributed by atoms with E-state index in [1.54, 1.807) is 13.0 Å². The number of alkyl halides is 1. The van der Waals surface area contributed by atoms with Gasteiger partial charge in [0, 0.05) is 24.0 Å². The van der Waals surface area contributed by atoms with Crippen molar-refractivity contribution in [1.29, 1.82) is 0 Å². The Balaban J connectivity index is 1.58. The molecule has 0 N–H and O–H groups in total. The Kier molecular flexibility index (Phi) is 6.47. The normalized spacial score (nSPS) is 12.5. The second-order valence-corrected chi connectivity index (χ2v) is 8.04. The number of aromatic nitrogens is 3. The van der Waals surface area contributed by atoms with Crippen molar-refractivity contribution in [2.75, 3.05) is 6.67 Å². The molecular weight excluding hydrogens is 428 g/mol. The maximum Gasteiger partial charge on any atom is 0.163 e. The molecule has 2 aliphatic rings. The highest BCUT2D eigenvalue weighted by Crippen LogP contribution is 2.27. The highest BCUT2D eigenvalue weighted by molar-refractivity contribution is 6.31. The molecule has 0 amide bonds. The second kappa shape index (κ2) is 9.45. The molecule has 0 fully saturated rings. The highest BCUT2D eigenvalue weighted by Gasteiger charge is 2.16. The molecule has 0 unspecified atom stereocenters. The van der Waals surface area contributed by atoms with Gasteiger partial charge in [0.05, 0.1) is 11.3 Å². The zero-order valence-corrected chi connectivity index (χ0v) is 18.6. The van der Waals surface area contributed by atoms with Gasteiger partial charge in [0.25, 0.3) is 0 Å². The molecule has 0 aromatic heterocycles. The third kappa shape index (κ3) is 4.78. The van der Waals surface area contributed by atoms with E-state index < -0.39 is 12.5 Å². The lowest BCUT2D eigenvalue weighted by molar-refractivity contribution is 0.461. The van der Waals surface area contributed by atoms with Crippen LogP contribution in [-0.2, 0) is 6.54 Å². The molecule has 0 atom stereocenters. The molecule has 3 nitrogen and oxygen atoms in total. The third-order valence-electron chi connectivity index (χ3n) is 5.11. The minimum Gasteiger partial charge on any atom is -0.348 e. The highest BCUT2D eigenvalue weighted by atomic mass is 35.5. The van der Waals surface area contributed by atoms with Crippen LogP contribution in [0.15, 0.2) is 78.9 Å². The maximum absolute atomic E-state index is 13.9. The summed E-state index contributed by atoms with van der Waals surface area (Å²) in [6.45, 7) is 3.22. The van der Waals surface area contributed by atoms with Gasteiger partial charge in [-0.2, -0.15) is 0 Å². The van der Waals surface area contributed by atoms with E-state index in [4.69, 9.17) is 11.6 Å². The lowest BCUT2D eigenvalue weighted by Gasteiger charge is -2.10. The van der Waals surface area contributed by atoms with E-state index in [0.29, 0.717) is 17.9 Å². The zero-order valence-electron chi connectivity index (χ0n) is 17.8. The van der Waals surface area contributed by atoms with Crippen molar-refractivity contribution in [3.8, 4) is 22.5 Å². The fourth-order valence-corrected chi connectivity index (χ4v) is 3.90. The largest absolute Gasteiger partial charge is 0.348 e. The van der Waals surface area contributed by atoms with Crippen molar-refractivity contribution in [2.24, 2.45) is 0 Å². The van der Waals surface area contributed by atoms with Crippen LogP contribution in [0, 0.1) is 6.92 Å². The first-order chi connectivity index (χ1) is 15.5. The van der Waals surface area contributed by atoms with E-state index in [1.165, 1.54) is 6.08 Å². The van der Waals surface area contributed by atoms with Gasteiger partial charge in [-0.3, -0.25) is 0 Å². The summed E-state index contributed by atoms with van der Waals surface area (Å²) in [5.41, 5.74) is 5.76. The van der Waals surface area contributed by atoms with Gasteiger partial charge in [-0.05, 0) is 54.3 Å². The molecule has 0 saturated carbocycles. The summed E-state index contributed by atoms with van der Waals surface area (Å²) >= 11 is 6.19. The number of benzene rings is 2. The topological polar surface area (TPSA) is 30.7 Å². The Labute approximate surface area is 191 Å². The van der Waals surface area contributed by atoms with E-state index in [-0.39, 0.29) is 11.4 Å². The second-order valence-electron chi connectivity index (χ2n) is 7.60. The summed E-state index contributed by atoms with van der Waals surface area (Å²) in [4.78, 5) is 8.77. The molecule has 162 valence electrons. The van der Waals surface area contributed by atoms with Gasteiger partial charge in [-0.15, -0.1) is 0 Å². The number of pyridine rings is 1. The molecule has 0 aliphatic carbocycles. The van der Waals surface area contributed by atoms with Crippen molar-refractivity contribution in [3.63, 3.8) is 0 Å². The van der Waals surface area contributed by atoms with Gasteiger partial charge in [0.1, 0.15) is 18.2 Å². The number of nitrogens with zero attached hydrogens (tertiary/aromatic N) is 3. The van der Waals surface area contributed by atoms with Crippen LogP contribution >= 0.6 is 11.6 Å². The van der Waals surface area contributed by atoms with Crippen molar-refractivity contribution < 1.29 is 8.78 Å². The number of imidazole rings is 1. The molecule has 0 bridgehead atoms. The van der Waals surface area contributed by atoms with Crippen LogP contribution in [0.5, 0.6) is 0 Å². The van der Waals surface area contributed by atoms with Crippen LogP contribution in [-0.4, -0.2) is 21.2 Å². The van der Waals surface area contributed by atoms with Crippen LogP contribution in [0.3, 0.4) is 0 Å². The van der Waals surface area contributed by atoms with E-state index in [9.17, 15) is 8.78 Å². The molecule has 2 aromatic rings. The van der Waals surface area contributed by atoms with Crippen LogP contribution in [0.4, 0.5) is 8.78 Å². The molecule has 6 heteroatoms. The van der Waals surface area contributed by atoms with Gasteiger partial charge in [-0.1, -0.05) is 54.1 Å². The fourth-order valence-electron chi connectivity index (χ4n) is 3.61.